The molecule has 228 valence electrons. The van der Waals surface area contributed by atoms with Crippen molar-refractivity contribution in [2.24, 2.45) is 9.98 Å². The molecule has 0 bridgehead atoms. The molecular formula is C42H25N5Pt. The van der Waals surface area contributed by atoms with Crippen LogP contribution in [0.15, 0.2) is 156 Å². The summed E-state index contributed by atoms with van der Waals surface area (Å²) < 4.78 is 2.21. The average Bonchev–Trinajstić information content (AvgIpc) is 3.68. The molecule has 0 saturated heterocycles. The minimum atomic E-state index is -0.355. The normalized spacial score (nSPS) is 13.0. The van der Waals surface area contributed by atoms with Crippen molar-refractivity contribution in [3.63, 3.8) is 0 Å². The van der Waals surface area contributed by atoms with Crippen molar-refractivity contribution in [3.05, 3.63) is 174 Å². The van der Waals surface area contributed by atoms with Gasteiger partial charge in [0.25, 0.3) is 0 Å². The van der Waals surface area contributed by atoms with Crippen LogP contribution in [0.5, 0.6) is 0 Å². The van der Waals surface area contributed by atoms with Gasteiger partial charge < -0.3 is 9.47 Å². The van der Waals surface area contributed by atoms with Gasteiger partial charge in [-0.3, -0.25) is 9.98 Å². The smallest absolute Gasteiger partial charge is 0.357 e. The molecule has 0 aliphatic carbocycles. The fourth-order valence-electron chi connectivity index (χ4n) is 7.11. The summed E-state index contributed by atoms with van der Waals surface area (Å²) in [4.78, 5) is 17.0. The second-order valence-electron chi connectivity index (χ2n) is 11.8. The minimum Gasteiger partial charge on any atom is -0.357 e. The van der Waals surface area contributed by atoms with Gasteiger partial charge in [0.15, 0.2) is 0 Å². The van der Waals surface area contributed by atoms with E-state index in [1.165, 1.54) is 5.56 Å². The molecule has 0 saturated carbocycles. The SMILES string of the molecule is [Pt+2].[c-]1c(C2N=c3ccccc3=N2)ccc2c1N(c1[c-]c3c(cc1)c1ccccc1n3-c1ccccn1)c1ccccc1-c1ccccc1-2. The molecule has 2 aromatic heterocycles. The second-order valence-corrected chi connectivity index (χ2v) is 11.8. The number of rotatable bonds is 3. The van der Waals surface area contributed by atoms with E-state index in [0.29, 0.717) is 0 Å². The van der Waals surface area contributed by atoms with Crippen LogP contribution in [0.2, 0.25) is 0 Å². The Hall–Kier alpha value is -5.64. The molecule has 0 spiro atoms. The molecule has 0 radical (unpaired) electrons. The summed E-state index contributed by atoms with van der Waals surface area (Å²) in [5.41, 5.74) is 10.5. The molecule has 0 N–H and O–H groups in total. The molecule has 2 aliphatic rings. The number of nitrogens with zero attached hydrogens (tertiary/aromatic N) is 5. The zero-order chi connectivity index (χ0) is 30.9. The summed E-state index contributed by atoms with van der Waals surface area (Å²) in [6, 6.07) is 56.2. The van der Waals surface area contributed by atoms with Crippen LogP contribution in [0.25, 0.3) is 49.9 Å². The number of benzene rings is 6. The molecule has 6 heteroatoms. The molecule has 8 aromatic rings. The molecule has 10 rings (SSSR count). The number of pyridine rings is 1. The van der Waals surface area contributed by atoms with Gasteiger partial charge >= 0.3 is 21.1 Å². The van der Waals surface area contributed by atoms with Crippen LogP contribution < -0.4 is 15.6 Å². The first kappa shape index (κ1) is 28.6. The van der Waals surface area contributed by atoms with E-state index in [-0.39, 0.29) is 27.2 Å². The first-order valence-electron chi connectivity index (χ1n) is 15.7. The Bertz CT molecular complexity index is 2630. The Labute approximate surface area is 291 Å². The topological polar surface area (TPSA) is 45.8 Å². The Morgan fingerprint density at radius 1 is 0.542 bits per heavy atom. The van der Waals surface area contributed by atoms with Crippen LogP contribution in [-0.2, 0) is 21.1 Å². The minimum absolute atomic E-state index is 0. The van der Waals surface area contributed by atoms with Crippen molar-refractivity contribution in [3.8, 4) is 28.1 Å². The third-order valence-corrected chi connectivity index (χ3v) is 9.19. The quantitative estimate of drug-likeness (QED) is 0.168. The maximum atomic E-state index is 4.96. The van der Waals surface area contributed by atoms with Gasteiger partial charge in [0, 0.05) is 23.0 Å². The van der Waals surface area contributed by atoms with E-state index in [1.807, 2.05) is 48.7 Å². The summed E-state index contributed by atoms with van der Waals surface area (Å²) in [7, 11) is 0. The van der Waals surface area contributed by atoms with Gasteiger partial charge in [0.05, 0.1) is 10.7 Å². The van der Waals surface area contributed by atoms with Crippen molar-refractivity contribution in [2.45, 2.75) is 6.17 Å². The molecule has 0 amide bonds. The summed E-state index contributed by atoms with van der Waals surface area (Å²) in [5.74, 6) is 0.856. The fraction of sp³-hybridized carbons (Fsp3) is 0.0238. The summed E-state index contributed by atoms with van der Waals surface area (Å²) in [6.45, 7) is 0. The van der Waals surface area contributed by atoms with E-state index in [1.54, 1.807) is 0 Å². The number of fused-ring (bicyclic) bond motifs is 9. The summed E-state index contributed by atoms with van der Waals surface area (Å²) in [6.07, 6.45) is 1.48. The summed E-state index contributed by atoms with van der Waals surface area (Å²) >= 11 is 0. The predicted octanol–water partition coefficient (Wildman–Crippen LogP) is 8.85. The standard InChI is InChI=1S/C42H25N5.Pt/c1-2-12-30-29(11-1)31-13-3-7-17-37(31)46(39-25-27(20-22-33(30)39)42-44-35-15-5-6-16-36(35)45-42)28-21-23-34-32-14-4-8-18-38(32)47(40(34)26-28)41-19-9-10-24-43-41;/h1-24,42H;/q-2;+2. The van der Waals surface area contributed by atoms with Gasteiger partial charge in [-0.25, -0.2) is 4.98 Å². The molecular weight excluding hydrogens is 770 g/mol. The number of para-hydroxylation sites is 4. The van der Waals surface area contributed by atoms with Gasteiger partial charge in [-0.05, 0) is 47.3 Å². The number of anilines is 3. The maximum Gasteiger partial charge on any atom is 2.00 e. The van der Waals surface area contributed by atoms with Gasteiger partial charge in [0.1, 0.15) is 12.0 Å². The Morgan fingerprint density at radius 2 is 1.23 bits per heavy atom. The maximum absolute atomic E-state index is 4.96. The second kappa shape index (κ2) is 11.3. The number of aromatic nitrogens is 2. The van der Waals surface area contributed by atoms with Gasteiger partial charge in [-0.2, -0.15) is 24.3 Å². The van der Waals surface area contributed by atoms with Gasteiger partial charge in [0.2, 0.25) is 0 Å². The fourth-order valence-corrected chi connectivity index (χ4v) is 7.11. The van der Waals surface area contributed by atoms with Crippen LogP contribution >= 0.6 is 0 Å². The Morgan fingerprint density at radius 3 is 2.02 bits per heavy atom. The first-order chi connectivity index (χ1) is 23.3. The number of hydrogen-bond acceptors (Lipinski definition) is 4. The van der Waals surface area contributed by atoms with E-state index in [9.17, 15) is 0 Å². The zero-order valence-corrected chi connectivity index (χ0v) is 27.8. The van der Waals surface area contributed by atoms with Crippen LogP contribution in [0, 0.1) is 12.1 Å². The predicted molar refractivity (Wildman–Crippen MR) is 187 cm³/mol. The van der Waals surface area contributed by atoms with Crippen molar-refractivity contribution in [1.29, 1.82) is 0 Å². The first-order valence-corrected chi connectivity index (χ1v) is 15.7. The molecule has 2 aliphatic heterocycles. The van der Waals surface area contributed by atoms with E-state index >= 15 is 0 Å². The molecule has 0 fully saturated rings. The molecule has 0 unspecified atom stereocenters. The van der Waals surface area contributed by atoms with E-state index in [0.717, 1.165) is 77.7 Å². The third-order valence-electron chi connectivity index (χ3n) is 9.19. The third kappa shape index (κ3) is 4.32. The van der Waals surface area contributed by atoms with Crippen molar-refractivity contribution >= 4 is 38.9 Å². The Kier molecular flexibility index (Phi) is 6.70. The molecule has 5 nitrogen and oxygen atoms in total. The van der Waals surface area contributed by atoms with E-state index < -0.39 is 0 Å². The molecule has 6 aromatic carbocycles. The van der Waals surface area contributed by atoms with Gasteiger partial charge in [-0.1, -0.05) is 101 Å². The molecule has 0 atom stereocenters. The monoisotopic (exact) mass is 794 g/mol. The average molecular weight is 795 g/mol. The van der Waals surface area contributed by atoms with Crippen LogP contribution in [-0.4, -0.2) is 9.55 Å². The molecule has 48 heavy (non-hydrogen) atoms. The van der Waals surface area contributed by atoms with Crippen molar-refractivity contribution < 1.29 is 21.1 Å². The van der Waals surface area contributed by atoms with Crippen LogP contribution in [0.1, 0.15) is 11.7 Å². The van der Waals surface area contributed by atoms with Crippen molar-refractivity contribution in [1.82, 2.24) is 9.55 Å². The van der Waals surface area contributed by atoms with Crippen LogP contribution in [0.4, 0.5) is 17.1 Å². The Balaban J connectivity index is 0.00000314. The summed E-state index contributed by atoms with van der Waals surface area (Å²) in [5, 5.41) is 4.11. The largest absolute Gasteiger partial charge is 2.00 e. The zero-order valence-electron chi connectivity index (χ0n) is 25.5. The van der Waals surface area contributed by atoms with E-state index in [4.69, 9.17) is 15.0 Å². The van der Waals surface area contributed by atoms with Gasteiger partial charge in [-0.15, -0.1) is 28.6 Å². The van der Waals surface area contributed by atoms with Crippen LogP contribution in [0.3, 0.4) is 0 Å². The number of hydrogen-bond donors (Lipinski definition) is 0. The van der Waals surface area contributed by atoms with Crippen molar-refractivity contribution in [2.75, 3.05) is 4.90 Å². The molecule has 4 heterocycles. The van der Waals surface area contributed by atoms with E-state index in [2.05, 4.69) is 119 Å².